The van der Waals surface area contributed by atoms with Crippen molar-refractivity contribution in [1.82, 2.24) is 4.31 Å². The average molecular weight is 326 g/mol. The minimum absolute atomic E-state index is 0.0660. The molecule has 122 valence electrons. The van der Waals surface area contributed by atoms with Crippen molar-refractivity contribution in [3.63, 3.8) is 0 Å². The average Bonchev–Trinajstić information content (AvgIpc) is 3.22. The van der Waals surface area contributed by atoms with Crippen LogP contribution in [0.1, 0.15) is 24.8 Å². The van der Waals surface area contributed by atoms with Gasteiger partial charge in [-0.05, 0) is 37.5 Å². The van der Waals surface area contributed by atoms with E-state index in [4.69, 9.17) is 4.74 Å². The molecule has 0 saturated heterocycles. The molecular weight excluding hydrogens is 304 g/mol. The Morgan fingerprint density at radius 2 is 2.09 bits per heavy atom. The number of benzene rings is 1. The zero-order chi connectivity index (χ0) is 16.3. The van der Waals surface area contributed by atoms with Crippen LogP contribution in [0.2, 0.25) is 0 Å². The summed E-state index contributed by atoms with van der Waals surface area (Å²) in [5.41, 5.74) is 1.61. The van der Waals surface area contributed by atoms with Gasteiger partial charge >= 0.3 is 0 Å². The van der Waals surface area contributed by atoms with Crippen molar-refractivity contribution >= 4 is 21.6 Å². The largest absolute Gasteiger partial charge is 0.495 e. The van der Waals surface area contributed by atoms with Gasteiger partial charge in [-0.3, -0.25) is 4.79 Å². The van der Waals surface area contributed by atoms with E-state index in [1.54, 1.807) is 13.2 Å². The van der Waals surface area contributed by atoms with Crippen LogP contribution in [-0.4, -0.2) is 44.6 Å². The van der Waals surface area contributed by atoms with Gasteiger partial charge in [0.1, 0.15) is 5.75 Å². The van der Waals surface area contributed by atoms with E-state index in [1.165, 1.54) is 10.6 Å². The lowest BCUT2D eigenvalue weighted by Crippen LogP contribution is -2.34. The van der Waals surface area contributed by atoms with Crippen molar-refractivity contribution in [2.24, 2.45) is 0 Å². The van der Waals surface area contributed by atoms with E-state index in [0.717, 1.165) is 18.4 Å². The van der Waals surface area contributed by atoms with Crippen LogP contribution >= 0.6 is 0 Å². The van der Waals surface area contributed by atoms with Crippen LogP contribution in [0.5, 0.6) is 5.75 Å². The number of rotatable bonds is 7. The van der Waals surface area contributed by atoms with E-state index in [9.17, 15) is 13.2 Å². The summed E-state index contributed by atoms with van der Waals surface area (Å²) in [5, 5.41) is 2.78. The van der Waals surface area contributed by atoms with E-state index in [1.807, 2.05) is 19.1 Å². The van der Waals surface area contributed by atoms with E-state index in [-0.39, 0.29) is 24.9 Å². The summed E-state index contributed by atoms with van der Waals surface area (Å²) in [6.45, 7) is 2.14. The predicted molar refractivity (Wildman–Crippen MR) is 85.5 cm³/mol. The quantitative estimate of drug-likeness (QED) is 0.828. The van der Waals surface area contributed by atoms with Crippen molar-refractivity contribution < 1.29 is 17.9 Å². The maximum Gasteiger partial charge on any atom is 0.225 e. The van der Waals surface area contributed by atoms with Crippen LogP contribution in [0.4, 0.5) is 5.69 Å². The molecule has 0 bridgehead atoms. The fourth-order valence-corrected chi connectivity index (χ4v) is 3.50. The van der Waals surface area contributed by atoms with Crippen LogP contribution in [0.3, 0.4) is 0 Å². The van der Waals surface area contributed by atoms with Crippen molar-refractivity contribution in [3.8, 4) is 5.75 Å². The molecule has 0 heterocycles. The number of aryl methyl sites for hydroxylation is 1. The number of methoxy groups -OCH3 is 1. The van der Waals surface area contributed by atoms with Crippen LogP contribution in [-0.2, 0) is 14.8 Å². The Morgan fingerprint density at radius 3 is 2.64 bits per heavy atom. The van der Waals surface area contributed by atoms with E-state index < -0.39 is 10.0 Å². The molecule has 1 aromatic carbocycles. The Labute approximate surface area is 131 Å². The number of ether oxygens (including phenoxy) is 1. The van der Waals surface area contributed by atoms with Gasteiger partial charge in [-0.25, -0.2) is 8.42 Å². The smallest absolute Gasteiger partial charge is 0.225 e. The maximum atomic E-state index is 12.1. The second-order valence-electron chi connectivity index (χ2n) is 5.61. The lowest BCUT2D eigenvalue weighted by Gasteiger charge is -2.19. The molecule has 6 nitrogen and oxygen atoms in total. The zero-order valence-electron chi connectivity index (χ0n) is 13.1. The standard InChI is InChI=1S/C15H22N2O4S/c1-11-4-7-14(21-2)13(10-11)16-15(18)8-9-17(12-5-6-12)22(3,19)20/h4,7,10,12H,5-6,8-9H2,1-3H3,(H,16,18). The number of amides is 1. The van der Waals surface area contributed by atoms with Crippen molar-refractivity contribution in [2.75, 3.05) is 25.2 Å². The molecule has 1 saturated carbocycles. The number of hydrogen-bond donors (Lipinski definition) is 1. The molecule has 1 aliphatic rings. The summed E-state index contributed by atoms with van der Waals surface area (Å²) in [6.07, 6.45) is 3.06. The molecule has 0 aromatic heterocycles. The third-order valence-electron chi connectivity index (χ3n) is 3.57. The first-order valence-corrected chi connectivity index (χ1v) is 9.07. The molecule has 1 amide bonds. The minimum Gasteiger partial charge on any atom is -0.495 e. The van der Waals surface area contributed by atoms with E-state index in [0.29, 0.717) is 11.4 Å². The van der Waals surface area contributed by atoms with Gasteiger partial charge in [-0.1, -0.05) is 6.07 Å². The number of nitrogens with zero attached hydrogens (tertiary/aromatic N) is 1. The lowest BCUT2D eigenvalue weighted by atomic mass is 10.2. The number of carbonyl (C=O) groups is 1. The highest BCUT2D eigenvalue weighted by molar-refractivity contribution is 7.88. The first kappa shape index (κ1) is 16.8. The number of hydrogen-bond acceptors (Lipinski definition) is 4. The summed E-state index contributed by atoms with van der Waals surface area (Å²) in [4.78, 5) is 12.1. The van der Waals surface area contributed by atoms with E-state index >= 15 is 0 Å². The second-order valence-corrected chi connectivity index (χ2v) is 7.54. The Balaban J connectivity index is 1.97. The summed E-state index contributed by atoms with van der Waals surface area (Å²) in [5.74, 6) is 0.360. The lowest BCUT2D eigenvalue weighted by molar-refractivity contribution is -0.116. The predicted octanol–water partition coefficient (Wildman–Crippen LogP) is 1.76. The van der Waals surface area contributed by atoms with Crippen molar-refractivity contribution in [2.45, 2.75) is 32.2 Å². The van der Waals surface area contributed by atoms with Gasteiger partial charge in [0.2, 0.25) is 15.9 Å². The zero-order valence-corrected chi connectivity index (χ0v) is 13.9. The number of sulfonamides is 1. The molecule has 1 fully saturated rings. The third-order valence-corrected chi connectivity index (χ3v) is 4.90. The van der Waals surface area contributed by atoms with Crippen LogP contribution < -0.4 is 10.1 Å². The Bertz CT molecular complexity index is 654. The van der Waals surface area contributed by atoms with Crippen molar-refractivity contribution in [1.29, 1.82) is 0 Å². The highest BCUT2D eigenvalue weighted by atomic mass is 32.2. The van der Waals surface area contributed by atoms with Gasteiger partial charge in [-0.2, -0.15) is 4.31 Å². The first-order valence-electron chi connectivity index (χ1n) is 7.22. The van der Waals surface area contributed by atoms with Gasteiger partial charge in [0, 0.05) is 19.0 Å². The number of nitrogens with one attached hydrogen (secondary N) is 1. The van der Waals surface area contributed by atoms with Crippen LogP contribution in [0.15, 0.2) is 18.2 Å². The molecule has 0 radical (unpaired) electrons. The Hall–Kier alpha value is -1.60. The fraction of sp³-hybridized carbons (Fsp3) is 0.533. The summed E-state index contributed by atoms with van der Waals surface area (Å²) in [6, 6.07) is 5.58. The van der Waals surface area contributed by atoms with Crippen molar-refractivity contribution in [3.05, 3.63) is 23.8 Å². The molecule has 2 rings (SSSR count). The topological polar surface area (TPSA) is 75.7 Å². The molecular formula is C15H22N2O4S. The van der Waals surface area contributed by atoms with Crippen LogP contribution in [0, 0.1) is 6.92 Å². The molecule has 1 N–H and O–H groups in total. The number of anilines is 1. The van der Waals surface area contributed by atoms with Gasteiger partial charge in [-0.15, -0.1) is 0 Å². The number of carbonyl (C=O) groups excluding carboxylic acids is 1. The van der Waals surface area contributed by atoms with Gasteiger partial charge in [0.25, 0.3) is 0 Å². The highest BCUT2D eigenvalue weighted by Crippen LogP contribution is 2.29. The van der Waals surface area contributed by atoms with Gasteiger partial charge in [0.05, 0.1) is 19.1 Å². The fourth-order valence-electron chi connectivity index (χ4n) is 2.33. The summed E-state index contributed by atoms with van der Waals surface area (Å²) in [7, 11) is -1.72. The third kappa shape index (κ3) is 4.45. The molecule has 0 atom stereocenters. The molecule has 1 aliphatic carbocycles. The maximum absolute atomic E-state index is 12.1. The SMILES string of the molecule is COc1ccc(C)cc1NC(=O)CCN(C1CC1)S(C)(=O)=O. The molecule has 1 aromatic rings. The highest BCUT2D eigenvalue weighted by Gasteiger charge is 2.34. The molecule has 22 heavy (non-hydrogen) atoms. The molecule has 0 unspecified atom stereocenters. The van der Waals surface area contributed by atoms with Gasteiger partial charge in [0.15, 0.2) is 0 Å². The van der Waals surface area contributed by atoms with E-state index in [2.05, 4.69) is 5.32 Å². The first-order chi connectivity index (χ1) is 10.3. The summed E-state index contributed by atoms with van der Waals surface area (Å²) >= 11 is 0. The molecule has 0 spiro atoms. The monoisotopic (exact) mass is 326 g/mol. The molecule has 0 aliphatic heterocycles. The summed E-state index contributed by atoms with van der Waals surface area (Å²) < 4.78 is 30.0. The normalized spacial score (nSPS) is 14.9. The van der Waals surface area contributed by atoms with Crippen LogP contribution in [0.25, 0.3) is 0 Å². The Morgan fingerprint density at radius 1 is 1.41 bits per heavy atom. The minimum atomic E-state index is -3.26. The second kappa shape index (κ2) is 6.66. The molecule has 7 heteroatoms. The Kier molecular flexibility index (Phi) is 5.08. The van der Waals surface area contributed by atoms with Gasteiger partial charge < -0.3 is 10.1 Å².